The molecule has 4 heterocycles. The molecule has 2 saturated heterocycles. The van der Waals surface area contributed by atoms with Crippen molar-refractivity contribution in [3.8, 4) is 11.1 Å². The predicted molar refractivity (Wildman–Crippen MR) is 153 cm³/mol. The number of likely N-dealkylation sites (tertiary alicyclic amines) is 1. The van der Waals surface area contributed by atoms with Gasteiger partial charge in [0, 0.05) is 80.8 Å². The van der Waals surface area contributed by atoms with E-state index in [1.165, 1.54) is 0 Å². The molecule has 2 aromatic heterocycles. The fourth-order valence-electron chi connectivity index (χ4n) is 5.94. The number of nitrogens with one attached hydrogen (secondary N) is 1. The van der Waals surface area contributed by atoms with Gasteiger partial charge in [-0.2, -0.15) is 0 Å². The molecule has 1 aromatic carbocycles. The topological polar surface area (TPSA) is 84.9 Å². The molecule has 3 aliphatic rings. The van der Waals surface area contributed by atoms with Crippen LogP contribution in [0.4, 0.5) is 0 Å². The lowest BCUT2D eigenvalue weighted by atomic mass is 9.93. The number of nitrogens with zero attached hydrogens (tertiary/aromatic N) is 4. The van der Waals surface area contributed by atoms with Gasteiger partial charge in [0.25, 0.3) is 5.91 Å². The van der Waals surface area contributed by atoms with Crippen LogP contribution in [-0.2, 0) is 4.74 Å². The molecular weight excluding hydrogens is 490 g/mol. The highest BCUT2D eigenvalue weighted by Gasteiger charge is 2.29. The van der Waals surface area contributed by atoms with Crippen LogP contribution in [-0.4, -0.2) is 107 Å². The number of allylic oxidation sites excluding steroid dienone is 2. The fourth-order valence-corrected chi connectivity index (χ4v) is 5.94. The second-order valence-electron chi connectivity index (χ2n) is 10.9. The van der Waals surface area contributed by atoms with Gasteiger partial charge in [0.15, 0.2) is 0 Å². The molecule has 0 spiro atoms. The summed E-state index contributed by atoms with van der Waals surface area (Å²) in [5.74, 6) is 0.0231. The van der Waals surface area contributed by atoms with Crippen LogP contribution in [0.1, 0.15) is 28.8 Å². The lowest BCUT2D eigenvalue weighted by Crippen LogP contribution is -2.52. The number of aliphatic hydroxyl groups is 1. The number of hydrogen-bond donors (Lipinski definition) is 2. The summed E-state index contributed by atoms with van der Waals surface area (Å²) in [5.41, 5.74) is 5.76. The Balaban J connectivity index is 1.22. The maximum atomic E-state index is 12.9. The molecule has 0 bridgehead atoms. The monoisotopic (exact) mass is 527 g/mol. The van der Waals surface area contributed by atoms with E-state index in [2.05, 4.69) is 46.1 Å². The highest BCUT2D eigenvalue weighted by atomic mass is 16.5. The van der Waals surface area contributed by atoms with E-state index in [9.17, 15) is 9.90 Å². The number of rotatable bonds is 5. The number of benzene rings is 1. The van der Waals surface area contributed by atoms with E-state index in [0.717, 1.165) is 59.5 Å². The number of hydrogen-bond acceptors (Lipinski definition) is 6. The summed E-state index contributed by atoms with van der Waals surface area (Å²) < 4.78 is 5.93. The molecule has 1 aliphatic carbocycles. The molecule has 2 N–H and O–H groups in total. The number of piperazine rings is 1. The molecule has 0 radical (unpaired) electrons. The third-order valence-corrected chi connectivity index (χ3v) is 8.44. The number of carbonyl (C=O) groups is 1. The SMILES string of the molecule is COC1C=C(c2cnc3[nH]cc(-c4ccc(C(=O)N5CCC(O)CC5)cc4)c3c2)C=CC1N1CCN(C)CC1. The van der Waals surface area contributed by atoms with Crippen molar-refractivity contribution in [2.45, 2.75) is 31.1 Å². The number of likely N-dealkylation sites (N-methyl/N-ethyl adjacent to an activating group) is 1. The number of aromatic nitrogens is 2. The molecule has 39 heavy (non-hydrogen) atoms. The van der Waals surface area contributed by atoms with E-state index in [0.29, 0.717) is 31.5 Å². The molecule has 3 aromatic rings. The van der Waals surface area contributed by atoms with E-state index in [-0.39, 0.29) is 24.2 Å². The van der Waals surface area contributed by atoms with Crippen molar-refractivity contribution < 1.29 is 14.6 Å². The number of carbonyl (C=O) groups excluding carboxylic acids is 1. The highest BCUT2D eigenvalue weighted by molar-refractivity contribution is 5.98. The minimum absolute atomic E-state index is 0.0111. The minimum Gasteiger partial charge on any atom is -0.393 e. The van der Waals surface area contributed by atoms with E-state index in [1.54, 1.807) is 7.11 Å². The van der Waals surface area contributed by atoms with Crippen LogP contribution in [0.2, 0.25) is 0 Å². The van der Waals surface area contributed by atoms with Crippen LogP contribution in [0.5, 0.6) is 0 Å². The Morgan fingerprint density at radius 1 is 1.05 bits per heavy atom. The smallest absolute Gasteiger partial charge is 0.253 e. The zero-order valence-electron chi connectivity index (χ0n) is 22.7. The van der Waals surface area contributed by atoms with Crippen LogP contribution in [0.3, 0.4) is 0 Å². The maximum Gasteiger partial charge on any atom is 0.253 e. The number of pyridine rings is 1. The molecule has 6 rings (SSSR count). The van der Waals surface area contributed by atoms with Crippen molar-refractivity contribution in [2.24, 2.45) is 0 Å². The van der Waals surface area contributed by atoms with E-state index in [4.69, 9.17) is 9.72 Å². The first kappa shape index (κ1) is 26.0. The van der Waals surface area contributed by atoms with Crippen LogP contribution in [0.25, 0.3) is 27.7 Å². The molecule has 8 nitrogen and oxygen atoms in total. The van der Waals surface area contributed by atoms with Gasteiger partial charge in [-0.1, -0.05) is 24.3 Å². The largest absolute Gasteiger partial charge is 0.393 e. The number of methoxy groups -OCH3 is 1. The van der Waals surface area contributed by atoms with Gasteiger partial charge in [-0.05, 0) is 55.3 Å². The van der Waals surface area contributed by atoms with Gasteiger partial charge < -0.3 is 24.6 Å². The standard InChI is InChI=1S/C31H37N5O3/c1-34-13-15-35(16-14-34)28-8-7-23(18-29(28)39-2)24-17-26-27(20-33-30(26)32-19-24)21-3-5-22(6-4-21)31(38)36-11-9-25(37)10-12-36/h3-8,17-20,25,28-29,37H,9-16H2,1-2H3,(H,32,33). The zero-order valence-corrected chi connectivity index (χ0v) is 22.7. The summed E-state index contributed by atoms with van der Waals surface area (Å²) in [6.07, 6.45) is 11.6. The summed E-state index contributed by atoms with van der Waals surface area (Å²) >= 11 is 0. The van der Waals surface area contributed by atoms with Crippen molar-refractivity contribution >= 4 is 22.5 Å². The Morgan fingerprint density at radius 3 is 2.51 bits per heavy atom. The molecule has 2 aliphatic heterocycles. The first-order valence-electron chi connectivity index (χ1n) is 13.9. The van der Waals surface area contributed by atoms with Crippen LogP contribution >= 0.6 is 0 Å². The molecule has 1 amide bonds. The first-order valence-corrected chi connectivity index (χ1v) is 13.9. The quantitative estimate of drug-likeness (QED) is 0.529. The Morgan fingerprint density at radius 2 is 1.79 bits per heavy atom. The predicted octanol–water partition coefficient (Wildman–Crippen LogP) is 3.41. The molecule has 2 unspecified atom stereocenters. The van der Waals surface area contributed by atoms with Crippen LogP contribution in [0.15, 0.2) is 61.0 Å². The Kier molecular flexibility index (Phi) is 7.36. The summed E-state index contributed by atoms with van der Waals surface area (Å²) in [7, 11) is 3.96. The van der Waals surface area contributed by atoms with Gasteiger partial charge in [0.1, 0.15) is 5.65 Å². The normalized spacial score (nSPS) is 23.4. The van der Waals surface area contributed by atoms with Gasteiger partial charge in [-0.25, -0.2) is 4.98 Å². The highest BCUT2D eigenvalue weighted by Crippen LogP contribution is 2.32. The summed E-state index contributed by atoms with van der Waals surface area (Å²) in [5, 5.41) is 10.8. The molecule has 0 saturated carbocycles. The number of fused-ring (bicyclic) bond motifs is 1. The summed E-state index contributed by atoms with van der Waals surface area (Å²) in [6.45, 7) is 5.43. The van der Waals surface area contributed by atoms with Gasteiger partial charge in [0.2, 0.25) is 0 Å². The van der Waals surface area contributed by atoms with E-state index in [1.807, 2.05) is 41.6 Å². The summed E-state index contributed by atoms with van der Waals surface area (Å²) in [6, 6.07) is 10.2. The minimum atomic E-state index is -0.296. The van der Waals surface area contributed by atoms with Gasteiger partial charge in [0.05, 0.1) is 18.2 Å². The second kappa shape index (κ2) is 11.1. The number of H-pyrrole nitrogens is 1. The third kappa shape index (κ3) is 5.30. The number of piperidine rings is 1. The van der Waals surface area contributed by atoms with E-state index >= 15 is 0 Å². The number of ether oxygens (including phenoxy) is 1. The average Bonchev–Trinajstić information content (AvgIpc) is 3.41. The third-order valence-electron chi connectivity index (χ3n) is 8.44. The Labute approximate surface area is 229 Å². The molecule has 204 valence electrons. The average molecular weight is 528 g/mol. The van der Waals surface area contributed by atoms with Crippen LogP contribution in [0, 0.1) is 0 Å². The van der Waals surface area contributed by atoms with Crippen molar-refractivity contribution in [1.82, 2.24) is 24.7 Å². The summed E-state index contributed by atoms with van der Waals surface area (Å²) in [4.78, 5) is 27.6. The maximum absolute atomic E-state index is 12.9. The molecular formula is C31H37N5O3. The van der Waals surface area contributed by atoms with Crippen molar-refractivity contribution in [1.29, 1.82) is 0 Å². The Bertz CT molecular complexity index is 1380. The van der Waals surface area contributed by atoms with Gasteiger partial charge in [-0.15, -0.1) is 0 Å². The van der Waals surface area contributed by atoms with E-state index < -0.39 is 0 Å². The number of aliphatic hydroxyl groups excluding tert-OH is 1. The van der Waals surface area contributed by atoms with Gasteiger partial charge >= 0.3 is 0 Å². The van der Waals surface area contributed by atoms with Crippen LogP contribution < -0.4 is 0 Å². The van der Waals surface area contributed by atoms with Crippen molar-refractivity contribution in [3.63, 3.8) is 0 Å². The fraction of sp³-hybridized carbons (Fsp3) is 0.419. The van der Waals surface area contributed by atoms with Crippen molar-refractivity contribution in [2.75, 3.05) is 53.4 Å². The lowest BCUT2D eigenvalue weighted by molar-refractivity contribution is 0.0405. The molecule has 8 heteroatoms. The number of amides is 1. The van der Waals surface area contributed by atoms with Crippen molar-refractivity contribution in [3.05, 3.63) is 72.1 Å². The lowest BCUT2D eigenvalue weighted by Gasteiger charge is -2.40. The number of aromatic amines is 1. The second-order valence-corrected chi connectivity index (χ2v) is 10.9. The molecule has 2 atom stereocenters. The first-order chi connectivity index (χ1) is 19.0. The molecule has 2 fully saturated rings. The Hall–Kier alpha value is -3.30. The van der Waals surface area contributed by atoms with Gasteiger partial charge in [-0.3, -0.25) is 9.69 Å². The zero-order chi connectivity index (χ0) is 26.9.